The number of aryl methyl sites for hydroxylation is 2. The van der Waals surface area contributed by atoms with E-state index < -0.39 is 6.10 Å². The van der Waals surface area contributed by atoms with Crippen LogP contribution in [0.5, 0.6) is 5.75 Å². The SMILES string of the molecule is CCC(C)(Pc1ccc(C)cc1C(C)O)c1cc(C)cc(C(C)(C)C)c1OCOC. The van der Waals surface area contributed by atoms with Crippen molar-refractivity contribution in [2.24, 2.45) is 0 Å². The van der Waals surface area contributed by atoms with Crippen molar-refractivity contribution in [2.45, 2.75) is 78.5 Å². The summed E-state index contributed by atoms with van der Waals surface area (Å²) in [5.41, 5.74) is 5.82. The Bertz CT molecular complexity index is 867. The van der Waals surface area contributed by atoms with Crippen LogP contribution in [0.2, 0.25) is 0 Å². The number of hydrogen-bond donors (Lipinski definition) is 1. The summed E-state index contributed by atoms with van der Waals surface area (Å²) in [6.45, 7) is 17.5. The summed E-state index contributed by atoms with van der Waals surface area (Å²) in [6, 6.07) is 10.9. The maximum absolute atomic E-state index is 10.4. The second kappa shape index (κ2) is 9.81. The van der Waals surface area contributed by atoms with Gasteiger partial charge in [-0.25, -0.2) is 0 Å². The first kappa shape index (κ1) is 24.9. The summed E-state index contributed by atoms with van der Waals surface area (Å²) < 4.78 is 11.5. The van der Waals surface area contributed by atoms with Crippen LogP contribution in [0.15, 0.2) is 30.3 Å². The Kier molecular flexibility index (Phi) is 8.13. The van der Waals surface area contributed by atoms with Crippen molar-refractivity contribution >= 4 is 13.9 Å². The van der Waals surface area contributed by atoms with Crippen LogP contribution in [0, 0.1) is 13.8 Å². The van der Waals surface area contributed by atoms with Crippen LogP contribution in [0.4, 0.5) is 0 Å². The molecule has 0 bridgehead atoms. The van der Waals surface area contributed by atoms with Crippen LogP contribution >= 0.6 is 8.58 Å². The Balaban J connectivity index is 2.68. The van der Waals surface area contributed by atoms with Gasteiger partial charge in [0.2, 0.25) is 0 Å². The summed E-state index contributed by atoms with van der Waals surface area (Å²) in [6.07, 6.45) is 0.481. The number of methoxy groups -OCH3 is 1. The van der Waals surface area contributed by atoms with E-state index in [0.717, 1.165) is 17.7 Å². The maximum atomic E-state index is 10.4. The molecule has 0 saturated heterocycles. The fourth-order valence-electron chi connectivity index (χ4n) is 3.80. The van der Waals surface area contributed by atoms with E-state index in [0.29, 0.717) is 8.58 Å². The minimum atomic E-state index is -0.486. The second-order valence-corrected chi connectivity index (χ2v) is 11.5. The zero-order valence-electron chi connectivity index (χ0n) is 20.1. The number of benzene rings is 2. The third-order valence-corrected chi connectivity index (χ3v) is 7.63. The Labute approximate surface area is 185 Å². The van der Waals surface area contributed by atoms with Crippen molar-refractivity contribution in [2.75, 3.05) is 13.9 Å². The molecule has 0 aromatic heterocycles. The van der Waals surface area contributed by atoms with Crippen LogP contribution in [0.3, 0.4) is 0 Å². The lowest BCUT2D eigenvalue weighted by Crippen LogP contribution is -2.24. The fraction of sp³-hybridized carbons (Fsp3) is 0.538. The quantitative estimate of drug-likeness (QED) is 0.396. The van der Waals surface area contributed by atoms with Crippen LogP contribution in [0.25, 0.3) is 0 Å². The van der Waals surface area contributed by atoms with E-state index in [4.69, 9.17) is 9.47 Å². The molecule has 0 saturated carbocycles. The zero-order chi connectivity index (χ0) is 22.7. The normalized spacial score (nSPS) is 15.4. The molecule has 0 aliphatic rings. The molecule has 0 aliphatic heterocycles. The van der Waals surface area contributed by atoms with Gasteiger partial charge in [-0.15, -0.1) is 0 Å². The lowest BCUT2D eigenvalue weighted by molar-refractivity contribution is 0.0487. The molecule has 166 valence electrons. The molecule has 2 aromatic carbocycles. The zero-order valence-corrected chi connectivity index (χ0v) is 21.1. The van der Waals surface area contributed by atoms with Gasteiger partial charge in [0.15, 0.2) is 6.79 Å². The number of ether oxygens (including phenoxy) is 2. The van der Waals surface area contributed by atoms with Crippen molar-refractivity contribution in [1.82, 2.24) is 0 Å². The summed E-state index contributed by atoms with van der Waals surface area (Å²) in [5.74, 6) is 0.942. The summed E-state index contributed by atoms with van der Waals surface area (Å²) in [4.78, 5) is 0. The van der Waals surface area contributed by atoms with Gasteiger partial charge >= 0.3 is 0 Å². The molecule has 0 heterocycles. The lowest BCUT2D eigenvalue weighted by atomic mass is 9.81. The maximum Gasteiger partial charge on any atom is 0.188 e. The molecule has 3 atom stereocenters. The van der Waals surface area contributed by atoms with E-state index in [1.54, 1.807) is 7.11 Å². The predicted octanol–water partition coefficient (Wildman–Crippen LogP) is 6.27. The molecule has 2 aromatic rings. The third kappa shape index (κ3) is 5.63. The van der Waals surface area contributed by atoms with Crippen LogP contribution in [-0.2, 0) is 15.3 Å². The van der Waals surface area contributed by atoms with Crippen molar-refractivity contribution < 1.29 is 14.6 Å². The third-order valence-electron chi connectivity index (χ3n) is 5.73. The van der Waals surface area contributed by atoms with Gasteiger partial charge in [0.05, 0.1) is 6.10 Å². The van der Waals surface area contributed by atoms with E-state index in [1.165, 1.54) is 27.6 Å². The Morgan fingerprint density at radius 1 is 1.00 bits per heavy atom. The first-order valence-corrected chi connectivity index (χ1v) is 11.8. The van der Waals surface area contributed by atoms with Gasteiger partial charge in [0.1, 0.15) is 5.75 Å². The van der Waals surface area contributed by atoms with Crippen LogP contribution < -0.4 is 10.0 Å². The highest BCUT2D eigenvalue weighted by Gasteiger charge is 2.33. The number of rotatable bonds is 8. The molecule has 0 fully saturated rings. The van der Waals surface area contributed by atoms with Gasteiger partial charge in [0, 0.05) is 23.4 Å². The molecule has 3 nitrogen and oxygen atoms in total. The molecule has 1 N–H and O–H groups in total. The predicted molar refractivity (Wildman–Crippen MR) is 130 cm³/mol. The Hall–Kier alpha value is -1.41. The van der Waals surface area contributed by atoms with Crippen molar-refractivity contribution in [3.8, 4) is 5.75 Å². The highest BCUT2D eigenvalue weighted by Crippen LogP contribution is 2.50. The highest BCUT2D eigenvalue weighted by atomic mass is 31.1. The topological polar surface area (TPSA) is 38.7 Å². The van der Waals surface area contributed by atoms with Gasteiger partial charge in [-0.05, 0) is 43.5 Å². The molecule has 0 spiro atoms. The van der Waals surface area contributed by atoms with Gasteiger partial charge in [-0.3, -0.25) is 0 Å². The van der Waals surface area contributed by atoms with Crippen molar-refractivity contribution in [1.29, 1.82) is 0 Å². The smallest absolute Gasteiger partial charge is 0.188 e. The van der Waals surface area contributed by atoms with Crippen LogP contribution in [-0.4, -0.2) is 19.0 Å². The molecule has 2 rings (SSSR count). The summed E-state index contributed by atoms with van der Waals surface area (Å²) >= 11 is 0. The monoisotopic (exact) mass is 430 g/mol. The average molecular weight is 431 g/mol. The Morgan fingerprint density at radius 2 is 1.63 bits per heavy atom. The Morgan fingerprint density at radius 3 is 2.17 bits per heavy atom. The molecule has 3 unspecified atom stereocenters. The van der Waals surface area contributed by atoms with E-state index in [-0.39, 0.29) is 17.4 Å². The van der Waals surface area contributed by atoms with E-state index in [1.807, 2.05) is 6.92 Å². The fourth-order valence-corrected chi connectivity index (χ4v) is 5.48. The molecule has 0 radical (unpaired) electrons. The van der Waals surface area contributed by atoms with Crippen molar-refractivity contribution in [3.05, 3.63) is 58.1 Å². The van der Waals surface area contributed by atoms with Gasteiger partial charge in [-0.2, -0.15) is 0 Å². The minimum Gasteiger partial charge on any atom is -0.467 e. The minimum absolute atomic E-state index is 0.0454. The number of aliphatic hydroxyl groups is 1. The van der Waals surface area contributed by atoms with E-state index in [2.05, 4.69) is 78.8 Å². The first-order chi connectivity index (χ1) is 13.9. The number of aliphatic hydroxyl groups excluding tert-OH is 1. The van der Waals surface area contributed by atoms with Crippen LogP contribution in [0.1, 0.15) is 81.9 Å². The van der Waals surface area contributed by atoms with Gasteiger partial charge in [0.25, 0.3) is 0 Å². The molecule has 0 amide bonds. The van der Waals surface area contributed by atoms with Gasteiger partial charge in [-0.1, -0.05) is 84.7 Å². The average Bonchev–Trinajstić information content (AvgIpc) is 2.66. The molecule has 4 heteroatoms. The number of hydrogen-bond acceptors (Lipinski definition) is 3. The summed E-state index contributed by atoms with van der Waals surface area (Å²) in [5, 5.41) is 11.5. The largest absolute Gasteiger partial charge is 0.467 e. The molecular formula is C26H39O3P. The molecule has 30 heavy (non-hydrogen) atoms. The van der Waals surface area contributed by atoms with E-state index in [9.17, 15) is 5.11 Å². The van der Waals surface area contributed by atoms with Crippen molar-refractivity contribution in [3.63, 3.8) is 0 Å². The van der Waals surface area contributed by atoms with E-state index >= 15 is 0 Å². The highest BCUT2D eigenvalue weighted by molar-refractivity contribution is 7.48. The molecular weight excluding hydrogens is 391 g/mol. The summed E-state index contributed by atoms with van der Waals surface area (Å²) in [7, 11) is 2.17. The first-order valence-electron chi connectivity index (χ1n) is 10.8. The molecule has 0 aliphatic carbocycles. The standard InChI is InChI=1S/C26H39O3P/c1-10-26(8,30-23-12-11-17(2)13-20(23)19(4)27)22-15-18(3)14-21(25(5,6)7)24(22)29-16-28-9/h11-15,19,27,30H,10,16H2,1-9H3. The lowest BCUT2D eigenvalue weighted by Gasteiger charge is -2.35. The van der Waals surface area contributed by atoms with Gasteiger partial charge < -0.3 is 14.6 Å². The second-order valence-electron chi connectivity index (χ2n) is 9.57.